The summed E-state index contributed by atoms with van der Waals surface area (Å²) in [4.78, 5) is 4.60. The zero-order valence-electron chi connectivity index (χ0n) is 9.20. The summed E-state index contributed by atoms with van der Waals surface area (Å²) in [5.41, 5.74) is 9.20. The van der Waals surface area contributed by atoms with Gasteiger partial charge in [-0.15, -0.1) is 0 Å². The van der Waals surface area contributed by atoms with E-state index in [0.717, 1.165) is 17.6 Å². The third kappa shape index (κ3) is 2.16. The van der Waals surface area contributed by atoms with Gasteiger partial charge in [0.25, 0.3) is 0 Å². The third-order valence-corrected chi connectivity index (χ3v) is 2.51. The standard InChI is InChI=1S/C13H16N2/c1-9-7-11(8-10(2)14)15-13-6-4-3-5-12(9)13/h3-7,10H,8,14H2,1-2H3/t10-/m0/s1. The number of fused-ring (bicyclic) bond motifs is 1. The summed E-state index contributed by atoms with van der Waals surface area (Å²) >= 11 is 0. The van der Waals surface area contributed by atoms with Crippen LogP contribution in [0.5, 0.6) is 0 Å². The van der Waals surface area contributed by atoms with E-state index in [9.17, 15) is 0 Å². The average Bonchev–Trinajstić information content (AvgIpc) is 2.16. The topological polar surface area (TPSA) is 38.9 Å². The summed E-state index contributed by atoms with van der Waals surface area (Å²) in [6, 6.07) is 10.5. The molecular formula is C13H16N2. The molecule has 0 saturated heterocycles. The molecule has 2 aromatic rings. The van der Waals surface area contributed by atoms with E-state index < -0.39 is 0 Å². The molecule has 15 heavy (non-hydrogen) atoms. The van der Waals surface area contributed by atoms with Crippen LogP contribution in [0.2, 0.25) is 0 Å². The SMILES string of the molecule is Cc1cc(C[C@H](C)N)nc2ccccc12. The van der Waals surface area contributed by atoms with E-state index in [1.807, 2.05) is 25.1 Å². The maximum absolute atomic E-state index is 5.78. The van der Waals surface area contributed by atoms with Crippen LogP contribution in [0.25, 0.3) is 10.9 Å². The second-order valence-electron chi connectivity index (χ2n) is 4.13. The first-order valence-corrected chi connectivity index (χ1v) is 5.27. The van der Waals surface area contributed by atoms with Gasteiger partial charge in [-0.25, -0.2) is 0 Å². The highest BCUT2D eigenvalue weighted by atomic mass is 14.7. The average molecular weight is 200 g/mol. The number of pyridine rings is 1. The van der Waals surface area contributed by atoms with E-state index >= 15 is 0 Å². The van der Waals surface area contributed by atoms with Gasteiger partial charge >= 0.3 is 0 Å². The van der Waals surface area contributed by atoms with Crippen LogP contribution in [0.1, 0.15) is 18.2 Å². The van der Waals surface area contributed by atoms with Crippen molar-refractivity contribution >= 4 is 10.9 Å². The van der Waals surface area contributed by atoms with Crippen molar-refractivity contribution in [1.82, 2.24) is 4.98 Å². The summed E-state index contributed by atoms with van der Waals surface area (Å²) in [5.74, 6) is 0. The van der Waals surface area contributed by atoms with E-state index in [0.29, 0.717) is 0 Å². The highest BCUT2D eigenvalue weighted by molar-refractivity contribution is 5.81. The first-order chi connectivity index (χ1) is 7.16. The molecule has 0 aliphatic carbocycles. The van der Waals surface area contributed by atoms with E-state index in [2.05, 4.69) is 24.0 Å². The highest BCUT2D eigenvalue weighted by Crippen LogP contribution is 2.17. The molecule has 1 atom stereocenters. The first kappa shape index (κ1) is 10.1. The Morgan fingerprint density at radius 3 is 2.80 bits per heavy atom. The maximum atomic E-state index is 5.78. The summed E-state index contributed by atoms with van der Waals surface area (Å²) in [6.45, 7) is 4.13. The van der Waals surface area contributed by atoms with Crippen LogP contribution in [0.3, 0.4) is 0 Å². The van der Waals surface area contributed by atoms with Crippen LogP contribution >= 0.6 is 0 Å². The number of nitrogens with zero attached hydrogens (tertiary/aromatic N) is 1. The molecule has 1 aromatic carbocycles. The van der Waals surface area contributed by atoms with Gasteiger partial charge in [-0.2, -0.15) is 0 Å². The molecule has 2 N–H and O–H groups in total. The number of nitrogens with two attached hydrogens (primary N) is 1. The van der Waals surface area contributed by atoms with Crippen LogP contribution in [0.15, 0.2) is 30.3 Å². The second kappa shape index (κ2) is 3.99. The van der Waals surface area contributed by atoms with Crippen LogP contribution in [-0.4, -0.2) is 11.0 Å². The zero-order valence-corrected chi connectivity index (χ0v) is 9.20. The predicted molar refractivity (Wildman–Crippen MR) is 63.8 cm³/mol. The Morgan fingerprint density at radius 1 is 1.33 bits per heavy atom. The van der Waals surface area contributed by atoms with Gasteiger partial charge in [0.05, 0.1) is 5.52 Å². The molecule has 1 heterocycles. The van der Waals surface area contributed by atoms with Crippen molar-refractivity contribution in [3.63, 3.8) is 0 Å². The molecular weight excluding hydrogens is 184 g/mol. The molecule has 1 aromatic heterocycles. The molecule has 0 saturated carbocycles. The van der Waals surface area contributed by atoms with Gasteiger partial charge in [0.15, 0.2) is 0 Å². The number of para-hydroxylation sites is 1. The zero-order chi connectivity index (χ0) is 10.8. The van der Waals surface area contributed by atoms with E-state index in [1.165, 1.54) is 10.9 Å². The molecule has 78 valence electrons. The molecule has 0 unspecified atom stereocenters. The lowest BCUT2D eigenvalue weighted by molar-refractivity contribution is 0.724. The molecule has 0 spiro atoms. The maximum Gasteiger partial charge on any atom is 0.0707 e. The Kier molecular flexibility index (Phi) is 2.69. The molecule has 2 heteroatoms. The van der Waals surface area contributed by atoms with E-state index in [-0.39, 0.29) is 6.04 Å². The highest BCUT2D eigenvalue weighted by Gasteiger charge is 2.03. The number of benzene rings is 1. The monoisotopic (exact) mass is 200 g/mol. The van der Waals surface area contributed by atoms with Gasteiger partial charge in [0, 0.05) is 23.5 Å². The summed E-state index contributed by atoms with van der Waals surface area (Å²) in [7, 11) is 0. The molecule has 2 rings (SSSR count). The number of rotatable bonds is 2. The van der Waals surface area contributed by atoms with E-state index in [4.69, 9.17) is 5.73 Å². The normalized spacial score (nSPS) is 13.0. The fraction of sp³-hybridized carbons (Fsp3) is 0.308. The number of hydrogen-bond donors (Lipinski definition) is 1. The predicted octanol–water partition coefficient (Wildman–Crippen LogP) is 2.43. The fourth-order valence-electron chi connectivity index (χ4n) is 1.85. The van der Waals surface area contributed by atoms with Gasteiger partial charge < -0.3 is 5.73 Å². The smallest absolute Gasteiger partial charge is 0.0707 e. The Hall–Kier alpha value is -1.41. The van der Waals surface area contributed by atoms with Crippen molar-refractivity contribution in [1.29, 1.82) is 0 Å². The lowest BCUT2D eigenvalue weighted by Gasteiger charge is -2.08. The van der Waals surface area contributed by atoms with Crippen molar-refractivity contribution < 1.29 is 0 Å². The number of hydrogen-bond acceptors (Lipinski definition) is 2. The minimum absolute atomic E-state index is 0.165. The Morgan fingerprint density at radius 2 is 2.07 bits per heavy atom. The summed E-state index contributed by atoms with van der Waals surface area (Å²) in [6.07, 6.45) is 0.839. The minimum Gasteiger partial charge on any atom is -0.328 e. The quantitative estimate of drug-likeness (QED) is 0.808. The van der Waals surface area contributed by atoms with Crippen molar-refractivity contribution in [3.05, 3.63) is 41.6 Å². The van der Waals surface area contributed by atoms with Gasteiger partial charge in [-0.3, -0.25) is 4.98 Å². The molecule has 0 radical (unpaired) electrons. The lowest BCUT2D eigenvalue weighted by atomic mass is 10.1. The lowest BCUT2D eigenvalue weighted by Crippen LogP contribution is -2.18. The van der Waals surface area contributed by atoms with Gasteiger partial charge in [0.1, 0.15) is 0 Å². The molecule has 0 aliphatic rings. The van der Waals surface area contributed by atoms with Crippen molar-refractivity contribution in [2.24, 2.45) is 5.73 Å². The van der Waals surface area contributed by atoms with Crippen LogP contribution < -0.4 is 5.73 Å². The molecule has 0 bridgehead atoms. The minimum atomic E-state index is 0.165. The van der Waals surface area contributed by atoms with Crippen molar-refractivity contribution in [2.45, 2.75) is 26.3 Å². The molecule has 0 aliphatic heterocycles. The molecule has 0 amide bonds. The van der Waals surface area contributed by atoms with Crippen LogP contribution in [0.4, 0.5) is 0 Å². The molecule has 2 nitrogen and oxygen atoms in total. The van der Waals surface area contributed by atoms with Gasteiger partial charge in [-0.1, -0.05) is 18.2 Å². The Labute approximate surface area is 90.1 Å². The largest absolute Gasteiger partial charge is 0.328 e. The first-order valence-electron chi connectivity index (χ1n) is 5.27. The fourth-order valence-corrected chi connectivity index (χ4v) is 1.85. The Balaban J connectivity index is 2.52. The summed E-state index contributed by atoms with van der Waals surface area (Å²) < 4.78 is 0. The molecule has 0 fully saturated rings. The third-order valence-electron chi connectivity index (χ3n) is 2.51. The van der Waals surface area contributed by atoms with Crippen LogP contribution in [-0.2, 0) is 6.42 Å². The number of aryl methyl sites for hydroxylation is 1. The van der Waals surface area contributed by atoms with Gasteiger partial charge in [-0.05, 0) is 31.5 Å². The number of aromatic nitrogens is 1. The summed E-state index contributed by atoms with van der Waals surface area (Å²) in [5, 5.41) is 1.23. The van der Waals surface area contributed by atoms with Crippen molar-refractivity contribution in [2.75, 3.05) is 0 Å². The van der Waals surface area contributed by atoms with Gasteiger partial charge in [0.2, 0.25) is 0 Å². The van der Waals surface area contributed by atoms with Crippen molar-refractivity contribution in [3.8, 4) is 0 Å². The van der Waals surface area contributed by atoms with E-state index in [1.54, 1.807) is 0 Å². The van der Waals surface area contributed by atoms with Crippen LogP contribution in [0, 0.1) is 6.92 Å². The second-order valence-corrected chi connectivity index (χ2v) is 4.13. The Bertz CT molecular complexity index is 475.